The second kappa shape index (κ2) is 6.62. The summed E-state index contributed by atoms with van der Waals surface area (Å²) in [6, 6.07) is 1.68. The molecule has 0 saturated carbocycles. The number of carbonyl (C=O) groups is 1. The first-order valence-electron chi connectivity index (χ1n) is 5.50. The molecule has 0 aliphatic carbocycles. The Labute approximate surface area is 100 Å². The topological polar surface area (TPSA) is 61.3 Å². The van der Waals surface area contributed by atoms with Crippen LogP contribution in [0.15, 0.2) is 18.7 Å². The third-order valence-electron chi connectivity index (χ3n) is 1.93. The van der Waals surface area contributed by atoms with Crippen molar-refractivity contribution in [1.29, 1.82) is 0 Å². The van der Waals surface area contributed by atoms with Gasteiger partial charge in [0, 0.05) is 12.5 Å². The Balaban J connectivity index is 3.02. The molecular weight excluding hydrogens is 220 g/mol. The number of hydrogen-bond donors (Lipinski definition) is 0. The van der Waals surface area contributed by atoms with Gasteiger partial charge in [-0.1, -0.05) is 6.08 Å². The van der Waals surface area contributed by atoms with Crippen LogP contribution in [0.4, 0.5) is 0 Å². The molecule has 0 fully saturated rings. The zero-order valence-electron chi connectivity index (χ0n) is 10.1. The molecule has 5 nitrogen and oxygen atoms in total. The number of nitrogens with zero attached hydrogens (tertiary/aromatic N) is 2. The lowest BCUT2D eigenvalue weighted by atomic mass is 10.2. The second-order valence-electron chi connectivity index (χ2n) is 3.19. The van der Waals surface area contributed by atoms with E-state index in [4.69, 9.17) is 9.47 Å². The summed E-state index contributed by atoms with van der Waals surface area (Å²) in [6.45, 7) is 7.93. The van der Waals surface area contributed by atoms with Gasteiger partial charge in [0.1, 0.15) is 0 Å². The molecular formula is C12H16N2O3. The summed E-state index contributed by atoms with van der Waals surface area (Å²) in [5, 5.41) is 7.75. The van der Waals surface area contributed by atoms with Gasteiger partial charge in [-0.25, -0.2) is 4.79 Å². The van der Waals surface area contributed by atoms with E-state index in [0.717, 1.165) is 0 Å². The first-order chi connectivity index (χ1) is 8.22. The first kappa shape index (κ1) is 13.2. The van der Waals surface area contributed by atoms with Gasteiger partial charge in [0.2, 0.25) is 5.69 Å². The maximum absolute atomic E-state index is 11.6. The Hall–Kier alpha value is -1.91. The van der Waals surface area contributed by atoms with E-state index in [2.05, 4.69) is 16.8 Å². The summed E-state index contributed by atoms with van der Waals surface area (Å²) in [4.78, 5) is 11.6. The van der Waals surface area contributed by atoms with Gasteiger partial charge < -0.3 is 9.47 Å². The van der Waals surface area contributed by atoms with Gasteiger partial charge >= 0.3 is 5.97 Å². The molecule has 1 aromatic rings. The largest absolute Gasteiger partial charge is 0.491 e. The molecule has 0 spiro atoms. The SMILES string of the molecule is C=CCc1cc(OCC)c(C(=O)OCC)nn1. The van der Waals surface area contributed by atoms with Crippen LogP contribution in [0, 0.1) is 0 Å². The maximum Gasteiger partial charge on any atom is 0.362 e. The molecule has 1 heterocycles. The fraction of sp³-hybridized carbons (Fsp3) is 0.417. The Kier molecular flexibility index (Phi) is 5.13. The van der Waals surface area contributed by atoms with Crippen LogP contribution in [-0.2, 0) is 11.2 Å². The van der Waals surface area contributed by atoms with Crippen molar-refractivity contribution in [3.05, 3.63) is 30.1 Å². The molecule has 0 aliphatic heterocycles. The van der Waals surface area contributed by atoms with Crippen LogP contribution >= 0.6 is 0 Å². The van der Waals surface area contributed by atoms with Crippen molar-refractivity contribution >= 4 is 5.97 Å². The molecule has 0 aromatic carbocycles. The van der Waals surface area contributed by atoms with Gasteiger partial charge in [-0.2, -0.15) is 5.10 Å². The van der Waals surface area contributed by atoms with Crippen LogP contribution in [-0.4, -0.2) is 29.4 Å². The van der Waals surface area contributed by atoms with E-state index in [1.54, 1.807) is 19.1 Å². The minimum atomic E-state index is -0.520. The number of ether oxygens (including phenoxy) is 2. The van der Waals surface area contributed by atoms with Crippen molar-refractivity contribution in [2.45, 2.75) is 20.3 Å². The molecule has 0 N–H and O–H groups in total. The fourth-order valence-corrected chi connectivity index (χ4v) is 1.27. The van der Waals surface area contributed by atoms with Crippen LogP contribution in [0.3, 0.4) is 0 Å². The molecule has 0 unspecified atom stereocenters. The molecule has 17 heavy (non-hydrogen) atoms. The predicted molar refractivity (Wildman–Crippen MR) is 63.1 cm³/mol. The van der Waals surface area contributed by atoms with E-state index in [1.165, 1.54) is 0 Å². The van der Waals surface area contributed by atoms with Crippen molar-refractivity contribution in [1.82, 2.24) is 10.2 Å². The van der Waals surface area contributed by atoms with Gasteiger partial charge in [-0.15, -0.1) is 11.7 Å². The standard InChI is InChI=1S/C12H16N2O3/c1-4-7-9-8-10(16-5-2)11(14-13-9)12(15)17-6-3/h4,8H,1,5-7H2,2-3H3. The lowest BCUT2D eigenvalue weighted by Gasteiger charge is -2.08. The van der Waals surface area contributed by atoms with Crippen molar-refractivity contribution in [2.24, 2.45) is 0 Å². The van der Waals surface area contributed by atoms with Crippen molar-refractivity contribution in [2.75, 3.05) is 13.2 Å². The zero-order chi connectivity index (χ0) is 12.7. The van der Waals surface area contributed by atoms with E-state index in [-0.39, 0.29) is 5.69 Å². The molecule has 0 amide bonds. The maximum atomic E-state index is 11.6. The molecule has 1 aromatic heterocycles. The summed E-state index contributed by atoms with van der Waals surface area (Å²) in [6.07, 6.45) is 2.29. The number of esters is 1. The van der Waals surface area contributed by atoms with E-state index < -0.39 is 5.97 Å². The lowest BCUT2D eigenvalue weighted by molar-refractivity contribution is 0.0513. The summed E-state index contributed by atoms with van der Waals surface area (Å²) in [5.41, 5.74) is 0.818. The van der Waals surface area contributed by atoms with Gasteiger partial charge in [-0.3, -0.25) is 0 Å². The van der Waals surface area contributed by atoms with Gasteiger partial charge in [0.25, 0.3) is 0 Å². The number of rotatable bonds is 6. The van der Waals surface area contributed by atoms with Crippen LogP contribution < -0.4 is 4.74 Å². The summed E-state index contributed by atoms with van der Waals surface area (Å²) in [5.74, 6) is -0.119. The summed E-state index contributed by atoms with van der Waals surface area (Å²) >= 11 is 0. The molecule has 5 heteroatoms. The minimum Gasteiger partial charge on any atom is -0.491 e. The monoisotopic (exact) mass is 236 g/mol. The molecule has 0 bridgehead atoms. The average Bonchev–Trinajstić information content (AvgIpc) is 2.30. The molecule has 1 rings (SSSR count). The number of allylic oxidation sites excluding steroid dienone is 1. The summed E-state index contributed by atoms with van der Waals surface area (Å²) in [7, 11) is 0. The summed E-state index contributed by atoms with van der Waals surface area (Å²) < 4.78 is 10.2. The van der Waals surface area contributed by atoms with E-state index >= 15 is 0 Å². The first-order valence-corrected chi connectivity index (χ1v) is 5.50. The van der Waals surface area contributed by atoms with Crippen LogP contribution in [0.5, 0.6) is 5.75 Å². The molecule has 92 valence electrons. The second-order valence-corrected chi connectivity index (χ2v) is 3.19. The highest BCUT2D eigenvalue weighted by atomic mass is 16.5. The smallest absolute Gasteiger partial charge is 0.362 e. The highest BCUT2D eigenvalue weighted by molar-refractivity contribution is 5.90. The van der Waals surface area contributed by atoms with Gasteiger partial charge in [0.05, 0.1) is 18.9 Å². The average molecular weight is 236 g/mol. The van der Waals surface area contributed by atoms with E-state index in [9.17, 15) is 4.79 Å². The minimum absolute atomic E-state index is 0.113. The van der Waals surface area contributed by atoms with Crippen molar-refractivity contribution in [3.8, 4) is 5.75 Å². The van der Waals surface area contributed by atoms with Crippen LogP contribution in [0.1, 0.15) is 30.0 Å². The van der Waals surface area contributed by atoms with Crippen LogP contribution in [0.25, 0.3) is 0 Å². The fourth-order valence-electron chi connectivity index (χ4n) is 1.27. The van der Waals surface area contributed by atoms with E-state index in [0.29, 0.717) is 31.1 Å². The highest BCUT2D eigenvalue weighted by Gasteiger charge is 2.17. The zero-order valence-corrected chi connectivity index (χ0v) is 10.1. The lowest BCUT2D eigenvalue weighted by Crippen LogP contribution is -2.12. The molecule has 0 saturated heterocycles. The van der Waals surface area contributed by atoms with Crippen molar-refractivity contribution in [3.63, 3.8) is 0 Å². The van der Waals surface area contributed by atoms with Gasteiger partial charge in [0.15, 0.2) is 5.75 Å². The predicted octanol–water partition coefficient (Wildman–Crippen LogP) is 1.78. The third-order valence-corrected chi connectivity index (χ3v) is 1.93. The Morgan fingerprint density at radius 2 is 2.18 bits per heavy atom. The van der Waals surface area contributed by atoms with Crippen LogP contribution in [0.2, 0.25) is 0 Å². The number of carbonyl (C=O) groups excluding carboxylic acids is 1. The highest BCUT2D eigenvalue weighted by Crippen LogP contribution is 2.18. The molecule has 0 aliphatic rings. The number of aromatic nitrogens is 2. The number of hydrogen-bond acceptors (Lipinski definition) is 5. The molecule has 0 radical (unpaired) electrons. The Morgan fingerprint density at radius 1 is 1.41 bits per heavy atom. The molecule has 0 atom stereocenters. The normalized spacial score (nSPS) is 9.76. The van der Waals surface area contributed by atoms with Crippen molar-refractivity contribution < 1.29 is 14.3 Å². The Bertz CT molecular complexity index is 405. The third kappa shape index (κ3) is 3.55. The van der Waals surface area contributed by atoms with Gasteiger partial charge in [-0.05, 0) is 13.8 Å². The Morgan fingerprint density at radius 3 is 2.76 bits per heavy atom. The van der Waals surface area contributed by atoms with E-state index in [1.807, 2.05) is 6.92 Å². The quantitative estimate of drug-likeness (QED) is 0.556.